The van der Waals surface area contributed by atoms with Gasteiger partial charge in [0.05, 0.1) is 18.9 Å². The second kappa shape index (κ2) is 10.8. The Kier molecular flexibility index (Phi) is 7.59. The van der Waals surface area contributed by atoms with Crippen molar-refractivity contribution >= 4 is 18.1 Å². The molecule has 0 aliphatic rings. The topological polar surface area (TPSA) is 86.2 Å². The van der Waals surface area contributed by atoms with Crippen molar-refractivity contribution in [2.75, 3.05) is 13.7 Å². The molecule has 3 aromatic carbocycles. The highest BCUT2D eigenvalue weighted by Gasteiger charge is 2.09. The highest BCUT2D eigenvalue weighted by molar-refractivity contribution is 5.91. The number of nitrogens with zero attached hydrogens (tertiary/aromatic N) is 1. The summed E-state index contributed by atoms with van der Waals surface area (Å²) in [5.74, 6) is 0.925. The molecule has 0 unspecified atom stereocenters. The summed E-state index contributed by atoms with van der Waals surface area (Å²) in [7, 11) is 1.56. The third-order valence-electron chi connectivity index (χ3n) is 4.58. The fraction of sp³-hybridized carbons (Fsp3) is 0.160. The van der Waals surface area contributed by atoms with E-state index in [1.807, 2.05) is 32.0 Å². The van der Waals surface area contributed by atoms with E-state index in [0.717, 1.165) is 16.7 Å². The first kappa shape index (κ1) is 22.6. The lowest BCUT2D eigenvalue weighted by atomic mass is 10.1. The Morgan fingerprint density at radius 2 is 1.53 bits per heavy atom. The normalized spacial score (nSPS) is 10.6. The molecule has 0 bridgehead atoms. The zero-order valence-electron chi connectivity index (χ0n) is 18.1. The molecule has 7 heteroatoms. The largest absolute Gasteiger partial charge is 0.497 e. The summed E-state index contributed by atoms with van der Waals surface area (Å²) in [6, 6.07) is 19.2. The number of aryl methyl sites for hydroxylation is 2. The van der Waals surface area contributed by atoms with Crippen LogP contribution in [0, 0.1) is 13.8 Å². The lowest BCUT2D eigenvalue weighted by Gasteiger charge is -2.10. The molecule has 0 saturated heterocycles. The minimum absolute atomic E-state index is 0.136. The van der Waals surface area contributed by atoms with Gasteiger partial charge in [-0.15, -0.1) is 0 Å². The van der Waals surface area contributed by atoms with Crippen LogP contribution in [0.3, 0.4) is 0 Å². The summed E-state index contributed by atoms with van der Waals surface area (Å²) in [5, 5.41) is 3.93. The van der Waals surface area contributed by atoms with E-state index in [9.17, 15) is 9.59 Å². The number of ether oxygens (including phenoxy) is 3. The number of hydrazone groups is 1. The van der Waals surface area contributed by atoms with Crippen molar-refractivity contribution in [2.24, 2.45) is 5.10 Å². The third-order valence-corrected chi connectivity index (χ3v) is 4.58. The fourth-order valence-electron chi connectivity index (χ4n) is 2.89. The Labute approximate surface area is 186 Å². The molecule has 3 rings (SSSR count). The Balaban J connectivity index is 1.48. The van der Waals surface area contributed by atoms with Crippen LogP contribution in [-0.2, 0) is 4.79 Å². The van der Waals surface area contributed by atoms with Gasteiger partial charge in [0.2, 0.25) is 0 Å². The summed E-state index contributed by atoms with van der Waals surface area (Å²) in [6.45, 7) is 3.72. The highest BCUT2D eigenvalue weighted by Crippen LogP contribution is 2.22. The van der Waals surface area contributed by atoms with Crippen LogP contribution in [0.1, 0.15) is 27.0 Å². The molecule has 0 aliphatic heterocycles. The van der Waals surface area contributed by atoms with Gasteiger partial charge in [-0.3, -0.25) is 4.79 Å². The number of carbonyl (C=O) groups is 2. The lowest BCUT2D eigenvalue weighted by Crippen LogP contribution is -2.25. The average Bonchev–Trinajstić information content (AvgIpc) is 2.80. The van der Waals surface area contributed by atoms with E-state index in [1.54, 1.807) is 55.6 Å². The van der Waals surface area contributed by atoms with Gasteiger partial charge in [0.1, 0.15) is 17.2 Å². The van der Waals surface area contributed by atoms with Crippen molar-refractivity contribution in [1.29, 1.82) is 0 Å². The lowest BCUT2D eigenvalue weighted by molar-refractivity contribution is -0.123. The van der Waals surface area contributed by atoms with E-state index < -0.39 is 5.97 Å². The number of esters is 1. The quantitative estimate of drug-likeness (QED) is 0.251. The molecule has 3 aromatic rings. The zero-order chi connectivity index (χ0) is 22.9. The maximum Gasteiger partial charge on any atom is 0.343 e. The van der Waals surface area contributed by atoms with E-state index in [0.29, 0.717) is 22.8 Å². The van der Waals surface area contributed by atoms with Crippen molar-refractivity contribution in [1.82, 2.24) is 5.43 Å². The standard InChI is InChI=1S/C25H24N2O5/c1-17-5-4-6-18(2)24(17)31-16-23(28)27-26-15-19-7-11-22(12-8-19)32-25(29)20-9-13-21(30-3)14-10-20/h4-15H,16H2,1-3H3,(H,27,28). The summed E-state index contributed by atoms with van der Waals surface area (Å²) < 4.78 is 16.0. The fourth-order valence-corrected chi connectivity index (χ4v) is 2.89. The van der Waals surface area contributed by atoms with E-state index in [1.165, 1.54) is 6.21 Å². The number of rotatable bonds is 8. The number of methoxy groups -OCH3 is 1. The van der Waals surface area contributed by atoms with Crippen molar-refractivity contribution in [3.05, 3.63) is 89.0 Å². The number of hydrogen-bond donors (Lipinski definition) is 1. The molecule has 164 valence electrons. The number of para-hydroxylation sites is 1. The smallest absolute Gasteiger partial charge is 0.343 e. The zero-order valence-corrected chi connectivity index (χ0v) is 18.1. The maximum atomic E-state index is 12.2. The van der Waals surface area contributed by atoms with Gasteiger partial charge in [-0.25, -0.2) is 10.2 Å². The van der Waals surface area contributed by atoms with Crippen molar-refractivity contribution in [3.63, 3.8) is 0 Å². The molecule has 0 aromatic heterocycles. The molecule has 0 fully saturated rings. The minimum Gasteiger partial charge on any atom is -0.497 e. The molecule has 0 aliphatic carbocycles. The van der Waals surface area contributed by atoms with Gasteiger partial charge in [0.25, 0.3) is 5.91 Å². The van der Waals surface area contributed by atoms with E-state index >= 15 is 0 Å². The molecule has 0 radical (unpaired) electrons. The summed E-state index contributed by atoms with van der Waals surface area (Å²) in [4.78, 5) is 24.2. The van der Waals surface area contributed by atoms with Crippen LogP contribution in [0.25, 0.3) is 0 Å². The summed E-state index contributed by atoms with van der Waals surface area (Å²) in [6.07, 6.45) is 1.49. The highest BCUT2D eigenvalue weighted by atomic mass is 16.5. The van der Waals surface area contributed by atoms with Gasteiger partial charge in [0, 0.05) is 0 Å². The van der Waals surface area contributed by atoms with Crippen LogP contribution in [0.4, 0.5) is 0 Å². The molecular weight excluding hydrogens is 408 g/mol. The molecule has 32 heavy (non-hydrogen) atoms. The van der Waals surface area contributed by atoms with Crippen LogP contribution in [0.15, 0.2) is 71.8 Å². The van der Waals surface area contributed by atoms with Gasteiger partial charge in [-0.05, 0) is 79.1 Å². The van der Waals surface area contributed by atoms with Crippen molar-refractivity contribution in [2.45, 2.75) is 13.8 Å². The van der Waals surface area contributed by atoms with Crippen LogP contribution in [0.2, 0.25) is 0 Å². The van der Waals surface area contributed by atoms with Gasteiger partial charge in [-0.1, -0.05) is 18.2 Å². The second-order valence-electron chi connectivity index (χ2n) is 6.99. The molecule has 1 N–H and O–H groups in total. The Bertz CT molecular complexity index is 1090. The van der Waals surface area contributed by atoms with Gasteiger partial charge >= 0.3 is 5.97 Å². The average molecular weight is 432 g/mol. The molecule has 0 atom stereocenters. The van der Waals surface area contributed by atoms with Crippen LogP contribution in [0.5, 0.6) is 17.2 Å². The monoisotopic (exact) mass is 432 g/mol. The van der Waals surface area contributed by atoms with Crippen molar-refractivity contribution in [3.8, 4) is 17.2 Å². The molecule has 0 heterocycles. The van der Waals surface area contributed by atoms with E-state index in [2.05, 4.69) is 10.5 Å². The first-order chi connectivity index (χ1) is 15.5. The Morgan fingerprint density at radius 3 is 2.16 bits per heavy atom. The number of nitrogens with one attached hydrogen (secondary N) is 1. The maximum absolute atomic E-state index is 12.2. The van der Waals surface area contributed by atoms with E-state index in [4.69, 9.17) is 14.2 Å². The predicted molar refractivity (Wildman–Crippen MR) is 122 cm³/mol. The molecular formula is C25H24N2O5. The summed E-state index contributed by atoms with van der Waals surface area (Å²) in [5.41, 5.74) is 5.51. The SMILES string of the molecule is COc1ccc(C(=O)Oc2ccc(C=NNC(=O)COc3c(C)cccc3C)cc2)cc1. The first-order valence-corrected chi connectivity index (χ1v) is 9.93. The predicted octanol–water partition coefficient (Wildman–Crippen LogP) is 4.06. The Morgan fingerprint density at radius 1 is 0.906 bits per heavy atom. The van der Waals surface area contributed by atoms with Crippen LogP contribution in [-0.4, -0.2) is 31.8 Å². The number of carbonyl (C=O) groups excluding carboxylic acids is 2. The minimum atomic E-state index is -0.467. The van der Waals surface area contributed by atoms with Gasteiger partial charge < -0.3 is 14.2 Å². The number of hydrogen-bond acceptors (Lipinski definition) is 6. The molecule has 1 amide bonds. The molecule has 0 spiro atoms. The Hall–Kier alpha value is -4.13. The number of amides is 1. The summed E-state index contributed by atoms with van der Waals surface area (Å²) >= 11 is 0. The van der Waals surface area contributed by atoms with Crippen molar-refractivity contribution < 1.29 is 23.8 Å². The second-order valence-corrected chi connectivity index (χ2v) is 6.99. The first-order valence-electron chi connectivity index (χ1n) is 9.93. The van der Waals surface area contributed by atoms with Crippen LogP contribution >= 0.6 is 0 Å². The van der Waals surface area contributed by atoms with Gasteiger partial charge in [0.15, 0.2) is 6.61 Å². The molecule has 7 nitrogen and oxygen atoms in total. The van der Waals surface area contributed by atoms with E-state index in [-0.39, 0.29) is 12.5 Å². The molecule has 0 saturated carbocycles. The van der Waals surface area contributed by atoms with Crippen LogP contribution < -0.4 is 19.6 Å². The van der Waals surface area contributed by atoms with Gasteiger partial charge in [-0.2, -0.15) is 5.10 Å². The number of benzene rings is 3. The third kappa shape index (κ3) is 6.18.